The summed E-state index contributed by atoms with van der Waals surface area (Å²) in [7, 11) is 0. The summed E-state index contributed by atoms with van der Waals surface area (Å²) >= 11 is 0. The van der Waals surface area contributed by atoms with Crippen LogP contribution >= 0.6 is 0 Å². The summed E-state index contributed by atoms with van der Waals surface area (Å²) < 4.78 is 5.94. The largest absolute Gasteiger partial charge is 0.508 e. The highest BCUT2D eigenvalue weighted by Gasteiger charge is 2.13. The van der Waals surface area contributed by atoms with Crippen molar-refractivity contribution in [2.75, 3.05) is 0 Å². The predicted octanol–water partition coefficient (Wildman–Crippen LogP) is 4.38. The van der Waals surface area contributed by atoms with Crippen LogP contribution in [0.25, 0.3) is 22.3 Å². The molecule has 0 bridgehead atoms. The topological polar surface area (TPSA) is 70.7 Å². The molecule has 3 rings (SSSR count). The molecule has 122 valence electrons. The lowest BCUT2D eigenvalue weighted by Gasteiger charge is -2.09. The molecule has 0 unspecified atom stereocenters. The minimum atomic E-state index is -0.169. The van der Waals surface area contributed by atoms with Gasteiger partial charge in [0.05, 0.1) is 5.39 Å². The van der Waals surface area contributed by atoms with Crippen LogP contribution in [0.5, 0.6) is 11.5 Å². The van der Waals surface area contributed by atoms with Crippen LogP contribution in [0.15, 0.2) is 63.3 Å². The molecule has 0 saturated heterocycles. The van der Waals surface area contributed by atoms with E-state index in [-0.39, 0.29) is 16.9 Å². The highest BCUT2D eigenvalue weighted by Crippen LogP contribution is 2.30. The molecule has 2 aromatic carbocycles. The Morgan fingerprint density at radius 3 is 2.46 bits per heavy atom. The summed E-state index contributed by atoms with van der Waals surface area (Å²) in [6.45, 7) is 3.94. The van der Waals surface area contributed by atoms with E-state index in [1.807, 2.05) is 19.9 Å². The lowest BCUT2D eigenvalue weighted by atomic mass is 10.0. The minimum absolute atomic E-state index is 0.103. The Bertz CT molecular complexity index is 975. The molecule has 0 fully saturated rings. The monoisotopic (exact) mass is 322 g/mol. The Labute approximate surface area is 139 Å². The lowest BCUT2D eigenvalue weighted by molar-refractivity contribution is 0.468. The van der Waals surface area contributed by atoms with Crippen molar-refractivity contribution < 1.29 is 14.6 Å². The van der Waals surface area contributed by atoms with Crippen molar-refractivity contribution >= 4 is 11.0 Å². The Hall–Kier alpha value is -3.01. The molecule has 24 heavy (non-hydrogen) atoms. The van der Waals surface area contributed by atoms with E-state index in [2.05, 4.69) is 0 Å². The van der Waals surface area contributed by atoms with Crippen molar-refractivity contribution in [3.8, 4) is 22.8 Å². The number of aromatic hydroxyl groups is 2. The van der Waals surface area contributed by atoms with Gasteiger partial charge in [-0.2, -0.15) is 0 Å². The van der Waals surface area contributed by atoms with E-state index in [1.165, 1.54) is 24.3 Å². The van der Waals surface area contributed by atoms with Crippen LogP contribution < -0.4 is 5.43 Å². The standard InChI is InChI=1S/C20H18O4/c1-12(2)3-8-15-17(22)10-9-16-18(23)11-19(24-20(15)16)13-4-6-14(21)7-5-13/h3-7,9-11,21-22H,8H2,1-2H3. The molecule has 0 saturated carbocycles. The van der Waals surface area contributed by atoms with Gasteiger partial charge in [0.25, 0.3) is 0 Å². The van der Waals surface area contributed by atoms with Gasteiger partial charge in [-0.25, -0.2) is 0 Å². The van der Waals surface area contributed by atoms with Crippen molar-refractivity contribution in [3.63, 3.8) is 0 Å². The molecular weight excluding hydrogens is 304 g/mol. The summed E-state index contributed by atoms with van der Waals surface area (Å²) in [6.07, 6.45) is 2.45. The highest BCUT2D eigenvalue weighted by atomic mass is 16.3. The van der Waals surface area contributed by atoms with Crippen molar-refractivity contribution in [2.24, 2.45) is 0 Å². The first-order valence-electron chi connectivity index (χ1n) is 7.67. The zero-order valence-corrected chi connectivity index (χ0v) is 13.5. The molecule has 4 nitrogen and oxygen atoms in total. The second-order valence-electron chi connectivity index (χ2n) is 5.95. The van der Waals surface area contributed by atoms with E-state index < -0.39 is 0 Å². The van der Waals surface area contributed by atoms with Gasteiger partial charge in [0.2, 0.25) is 0 Å². The molecule has 0 amide bonds. The van der Waals surface area contributed by atoms with E-state index in [4.69, 9.17) is 4.42 Å². The third-order valence-electron chi connectivity index (χ3n) is 3.84. The van der Waals surface area contributed by atoms with Crippen LogP contribution in [-0.4, -0.2) is 10.2 Å². The van der Waals surface area contributed by atoms with E-state index in [9.17, 15) is 15.0 Å². The van der Waals surface area contributed by atoms with Gasteiger partial charge in [-0.1, -0.05) is 11.6 Å². The molecule has 3 aromatic rings. The number of hydrogen-bond donors (Lipinski definition) is 2. The quantitative estimate of drug-likeness (QED) is 0.702. The van der Waals surface area contributed by atoms with Gasteiger partial charge in [-0.15, -0.1) is 0 Å². The molecule has 0 aliphatic rings. The maximum absolute atomic E-state index is 12.4. The Kier molecular flexibility index (Phi) is 4.13. The summed E-state index contributed by atoms with van der Waals surface area (Å²) in [6, 6.07) is 10.9. The Morgan fingerprint density at radius 1 is 1.08 bits per heavy atom. The molecule has 0 radical (unpaired) electrons. The lowest BCUT2D eigenvalue weighted by Crippen LogP contribution is -2.02. The number of phenols is 2. The van der Waals surface area contributed by atoms with Gasteiger partial charge in [-0.3, -0.25) is 4.79 Å². The summed E-state index contributed by atoms with van der Waals surface area (Å²) in [5.74, 6) is 0.645. The third kappa shape index (κ3) is 3.04. The molecule has 4 heteroatoms. The SMILES string of the molecule is CC(C)=CCc1c(O)ccc2c(=O)cc(-c3ccc(O)cc3)oc12. The average Bonchev–Trinajstić information content (AvgIpc) is 2.54. The maximum atomic E-state index is 12.4. The summed E-state index contributed by atoms with van der Waals surface area (Å²) in [4.78, 5) is 12.4. The van der Waals surface area contributed by atoms with Gasteiger partial charge in [0, 0.05) is 17.2 Å². The molecule has 2 N–H and O–H groups in total. The van der Waals surface area contributed by atoms with Gasteiger partial charge in [-0.05, 0) is 56.7 Å². The van der Waals surface area contributed by atoms with E-state index in [1.54, 1.807) is 18.2 Å². The molecule has 0 spiro atoms. The van der Waals surface area contributed by atoms with Crippen molar-refractivity contribution in [1.29, 1.82) is 0 Å². The third-order valence-corrected chi connectivity index (χ3v) is 3.84. The predicted molar refractivity (Wildman–Crippen MR) is 94.4 cm³/mol. The van der Waals surface area contributed by atoms with E-state index in [0.717, 1.165) is 5.57 Å². The maximum Gasteiger partial charge on any atom is 0.193 e. The normalized spacial score (nSPS) is 10.8. The van der Waals surface area contributed by atoms with Crippen molar-refractivity contribution in [1.82, 2.24) is 0 Å². The first-order valence-corrected chi connectivity index (χ1v) is 7.67. The van der Waals surface area contributed by atoms with E-state index >= 15 is 0 Å². The number of phenolic OH excluding ortho intramolecular Hbond substituents is 2. The molecule has 1 heterocycles. The highest BCUT2D eigenvalue weighted by molar-refractivity contribution is 5.84. The zero-order valence-electron chi connectivity index (χ0n) is 13.5. The number of benzene rings is 2. The van der Waals surface area contributed by atoms with Crippen molar-refractivity contribution in [2.45, 2.75) is 20.3 Å². The first kappa shape index (κ1) is 15.9. The molecule has 0 aliphatic heterocycles. The zero-order chi connectivity index (χ0) is 17.3. The van der Waals surface area contributed by atoms with Crippen LogP contribution in [0.3, 0.4) is 0 Å². The second kappa shape index (κ2) is 6.24. The number of fused-ring (bicyclic) bond motifs is 1. The fourth-order valence-corrected chi connectivity index (χ4v) is 2.54. The number of rotatable bonds is 3. The molecule has 0 aliphatic carbocycles. The fraction of sp³-hybridized carbons (Fsp3) is 0.150. The van der Waals surface area contributed by atoms with Gasteiger partial charge < -0.3 is 14.6 Å². The van der Waals surface area contributed by atoms with Gasteiger partial charge in [0.15, 0.2) is 5.43 Å². The van der Waals surface area contributed by atoms with Crippen LogP contribution in [0, 0.1) is 0 Å². The van der Waals surface area contributed by atoms with Gasteiger partial charge in [0.1, 0.15) is 22.8 Å². The van der Waals surface area contributed by atoms with Crippen LogP contribution in [0.2, 0.25) is 0 Å². The van der Waals surface area contributed by atoms with Gasteiger partial charge >= 0.3 is 0 Å². The fourth-order valence-electron chi connectivity index (χ4n) is 2.54. The van der Waals surface area contributed by atoms with Crippen molar-refractivity contribution in [3.05, 3.63) is 69.9 Å². The molecule has 0 atom stereocenters. The smallest absolute Gasteiger partial charge is 0.193 e. The van der Waals surface area contributed by atoms with Crippen LogP contribution in [-0.2, 0) is 6.42 Å². The first-order chi connectivity index (χ1) is 11.5. The Morgan fingerprint density at radius 2 is 1.79 bits per heavy atom. The number of allylic oxidation sites excluding steroid dienone is 2. The number of hydrogen-bond acceptors (Lipinski definition) is 4. The van der Waals surface area contributed by atoms with E-state index in [0.29, 0.717) is 34.3 Å². The van der Waals surface area contributed by atoms with Crippen LogP contribution in [0.1, 0.15) is 19.4 Å². The summed E-state index contributed by atoms with van der Waals surface area (Å²) in [5, 5.41) is 20.0. The molecular formula is C20H18O4. The Balaban J connectivity index is 2.24. The average molecular weight is 322 g/mol. The minimum Gasteiger partial charge on any atom is -0.508 e. The second-order valence-corrected chi connectivity index (χ2v) is 5.95. The summed E-state index contributed by atoms with van der Waals surface area (Å²) in [5.41, 5.74) is 2.61. The van der Waals surface area contributed by atoms with Crippen LogP contribution in [0.4, 0.5) is 0 Å². The molecule has 1 aromatic heterocycles.